The van der Waals surface area contributed by atoms with E-state index in [1.807, 2.05) is 61.5 Å². The van der Waals surface area contributed by atoms with Crippen LogP contribution in [0.2, 0.25) is 0 Å². The Hall–Kier alpha value is -3.04. The SMILES string of the molecule is CCOc1ccc(N(CCC#N)C(=O)CSc2cc(C)c3ccccc3n2)cc1. The number of rotatable bonds is 8. The van der Waals surface area contributed by atoms with Gasteiger partial charge in [-0.2, -0.15) is 5.26 Å². The van der Waals surface area contributed by atoms with Crippen molar-refractivity contribution in [3.8, 4) is 11.8 Å². The highest BCUT2D eigenvalue weighted by Crippen LogP contribution is 2.25. The molecule has 0 bridgehead atoms. The molecule has 0 saturated carbocycles. The van der Waals surface area contributed by atoms with Gasteiger partial charge in [-0.25, -0.2) is 4.98 Å². The van der Waals surface area contributed by atoms with Crippen LogP contribution in [-0.2, 0) is 4.79 Å². The third-order valence-corrected chi connectivity index (χ3v) is 5.35. The summed E-state index contributed by atoms with van der Waals surface area (Å²) in [4.78, 5) is 19.2. The summed E-state index contributed by atoms with van der Waals surface area (Å²) >= 11 is 1.42. The molecule has 0 radical (unpaired) electrons. The minimum absolute atomic E-state index is 0.0537. The minimum Gasteiger partial charge on any atom is -0.494 e. The number of aromatic nitrogens is 1. The lowest BCUT2D eigenvalue weighted by Gasteiger charge is -2.22. The highest BCUT2D eigenvalue weighted by atomic mass is 32.2. The van der Waals surface area contributed by atoms with Gasteiger partial charge >= 0.3 is 0 Å². The average Bonchev–Trinajstić information content (AvgIpc) is 2.74. The molecule has 1 amide bonds. The summed E-state index contributed by atoms with van der Waals surface area (Å²) in [7, 11) is 0. The number of nitrogens with zero attached hydrogens (tertiary/aromatic N) is 3. The van der Waals surface area contributed by atoms with E-state index in [0.717, 1.165) is 32.9 Å². The third kappa shape index (κ3) is 5.27. The molecule has 1 heterocycles. The Morgan fingerprint density at radius 1 is 1.21 bits per heavy atom. The molecule has 0 aliphatic carbocycles. The smallest absolute Gasteiger partial charge is 0.237 e. The zero-order valence-corrected chi connectivity index (χ0v) is 17.4. The second kappa shape index (κ2) is 9.94. The molecular weight excluding hydrogens is 382 g/mol. The summed E-state index contributed by atoms with van der Waals surface area (Å²) in [6.45, 7) is 4.92. The van der Waals surface area contributed by atoms with Gasteiger partial charge in [0.15, 0.2) is 0 Å². The monoisotopic (exact) mass is 405 g/mol. The molecule has 3 aromatic rings. The summed E-state index contributed by atoms with van der Waals surface area (Å²) in [5.41, 5.74) is 2.82. The van der Waals surface area contributed by atoms with Crippen LogP contribution in [0.5, 0.6) is 5.75 Å². The first kappa shape index (κ1) is 20.7. The summed E-state index contributed by atoms with van der Waals surface area (Å²) in [6.07, 6.45) is 0.275. The van der Waals surface area contributed by atoms with Crippen molar-refractivity contribution in [3.63, 3.8) is 0 Å². The van der Waals surface area contributed by atoms with Crippen molar-refractivity contribution < 1.29 is 9.53 Å². The second-order valence-electron chi connectivity index (χ2n) is 6.46. The van der Waals surface area contributed by atoms with Crippen LogP contribution in [0.1, 0.15) is 18.9 Å². The normalized spacial score (nSPS) is 10.5. The molecule has 0 aliphatic heterocycles. The Labute approximate surface area is 175 Å². The molecule has 1 aromatic heterocycles. The number of benzene rings is 2. The number of carbonyl (C=O) groups is 1. The van der Waals surface area contributed by atoms with Crippen molar-refractivity contribution in [3.05, 3.63) is 60.2 Å². The van der Waals surface area contributed by atoms with Crippen molar-refractivity contribution in [1.29, 1.82) is 5.26 Å². The number of carbonyl (C=O) groups excluding carboxylic acids is 1. The summed E-state index contributed by atoms with van der Waals surface area (Å²) in [5, 5.41) is 10.9. The van der Waals surface area contributed by atoms with Gasteiger partial charge in [0, 0.05) is 17.6 Å². The number of para-hydroxylation sites is 1. The molecule has 5 nitrogen and oxygen atoms in total. The first-order valence-corrected chi connectivity index (χ1v) is 10.5. The van der Waals surface area contributed by atoms with E-state index in [-0.39, 0.29) is 18.1 Å². The number of amides is 1. The average molecular weight is 406 g/mol. The molecule has 0 N–H and O–H groups in total. The maximum Gasteiger partial charge on any atom is 0.237 e. The number of pyridine rings is 1. The Morgan fingerprint density at radius 3 is 2.69 bits per heavy atom. The van der Waals surface area contributed by atoms with E-state index in [1.54, 1.807) is 4.90 Å². The lowest BCUT2D eigenvalue weighted by Crippen LogP contribution is -2.33. The van der Waals surface area contributed by atoms with Crippen LogP contribution >= 0.6 is 11.8 Å². The van der Waals surface area contributed by atoms with E-state index < -0.39 is 0 Å². The molecule has 3 rings (SSSR count). The van der Waals surface area contributed by atoms with Gasteiger partial charge in [0.05, 0.1) is 35.4 Å². The van der Waals surface area contributed by atoms with Gasteiger partial charge in [-0.05, 0) is 55.8 Å². The molecule has 0 saturated heterocycles. The van der Waals surface area contributed by atoms with E-state index in [2.05, 4.69) is 18.0 Å². The highest BCUT2D eigenvalue weighted by Gasteiger charge is 2.16. The molecule has 0 fully saturated rings. The maximum atomic E-state index is 12.9. The highest BCUT2D eigenvalue weighted by molar-refractivity contribution is 7.99. The number of hydrogen-bond donors (Lipinski definition) is 0. The molecule has 29 heavy (non-hydrogen) atoms. The van der Waals surface area contributed by atoms with Gasteiger partial charge < -0.3 is 9.64 Å². The number of aryl methyl sites for hydroxylation is 1. The lowest BCUT2D eigenvalue weighted by atomic mass is 10.1. The van der Waals surface area contributed by atoms with Crippen LogP contribution in [0, 0.1) is 18.3 Å². The fourth-order valence-electron chi connectivity index (χ4n) is 3.05. The Balaban J connectivity index is 1.74. The predicted molar refractivity (Wildman–Crippen MR) is 117 cm³/mol. The summed E-state index contributed by atoms with van der Waals surface area (Å²) in [6, 6.07) is 19.5. The van der Waals surface area contributed by atoms with E-state index >= 15 is 0 Å². The van der Waals surface area contributed by atoms with E-state index in [0.29, 0.717) is 13.2 Å². The molecule has 0 unspecified atom stereocenters. The van der Waals surface area contributed by atoms with Crippen LogP contribution < -0.4 is 9.64 Å². The summed E-state index contributed by atoms with van der Waals surface area (Å²) < 4.78 is 5.47. The van der Waals surface area contributed by atoms with Crippen LogP contribution in [0.15, 0.2) is 59.6 Å². The Kier molecular flexibility index (Phi) is 7.09. The number of fused-ring (bicyclic) bond motifs is 1. The van der Waals surface area contributed by atoms with Crippen molar-refractivity contribution in [2.75, 3.05) is 23.8 Å². The molecule has 148 valence electrons. The fourth-order valence-corrected chi connectivity index (χ4v) is 3.90. The van der Waals surface area contributed by atoms with Crippen molar-refractivity contribution >= 4 is 34.3 Å². The fraction of sp³-hybridized carbons (Fsp3) is 0.261. The van der Waals surface area contributed by atoms with Crippen molar-refractivity contribution in [2.24, 2.45) is 0 Å². The van der Waals surface area contributed by atoms with Crippen LogP contribution in [0.3, 0.4) is 0 Å². The Bertz CT molecular complexity index is 1030. The molecule has 6 heteroatoms. The number of thioether (sulfide) groups is 1. The van der Waals surface area contributed by atoms with Gasteiger partial charge in [-0.3, -0.25) is 4.79 Å². The van der Waals surface area contributed by atoms with E-state index in [4.69, 9.17) is 10.00 Å². The topological polar surface area (TPSA) is 66.2 Å². The number of nitriles is 1. The van der Waals surface area contributed by atoms with Crippen molar-refractivity contribution in [1.82, 2.24) is 4.98 Å². The number of hydrogen-bond acceptors (Lipinski definition) is 5. The van der Waals surface area contributed by atoms with Crippen LogP contribution in [0.25, 0.3) is 10.9 Å². The molecule has 0 spiro atoms. The molecule has 2 aromatic carbocycles. The standard InChI is InChI=1S/C23H23N3O2S/c1-3-28-19-11-9-18(10-12-19)26(14-6-13-24)23(27)16-29-22-15-17(2)20-7-4-5-8-21(20)25-22/h4-5,7-12,15H,3,6,14,16H2,1-2H3. The molecule has 0 aliphatic rings. The van der Waals surface area contributed by atoms with E-state index in [1.165, 1.54) is 11.8 Å². The number of anilines is 1. The van der Waals surface area contributed by atoms with Crippen LogP contribution in [0.4, 0.5) is 5.69 Å². The molecule has 0 atom stereocenters. The van der Waals surface area contributed by atoms with Gasteiger partial charge in [-0.15, -0.1) is 0 Å². The maximum absolute atomic E-state index is 12.9. The quantitative estimate of drug-likeness (QED) is 0.495. The van der Waals surface area contributed by atoms with Crippen molar-refractivity contribution in [2.45, 2.75) is 25.3 Å². The number of ether oxygens (including phenoxy) is 1. The first-order chi connectivity index (χ1) is 14.1. The minimum atomic E-state index is -0.0537. The first-order valence-electron chi connectivity index (χ1n) is 9.51. The second-order valence-corrected chi connectivity index (χ2v) is 7.46. The van der Waals surface area contributed by atoms with Gasteiger partial charge in [0.2, 0.25) is 5.91 Å². The zero-order valence-electron chi connectivity index (χ0n) is 16.6. The van der Waals surface area contributed by atoms with Gasteiger partial charge in [0.25, 0.3) is 0 Å². The third-order valence-electron chi connectivity index (χ3n) is 4.45. The zero-order chi connectivity index (χ0) is 20.6. The molecular formula is C23H23N3O2S. The Morgan fingerprint density at radius 2 is 1.97 bits per heavy atom. The predicted octanol–water partition coefficient (Wildman–Crippen LogP) is 4.98. The van der Waals surface area contributed by atoms with Gasteiger partial charge in [-0.1, -0.05) is 30.0 Å². The van der Waals surface area contributed by atoms with E-state index in [9.17, 15) is 4.79 Å². The van der Waals surface area contributed by atoms with Gasteiger partial charge in [0.1, 0.15) is 5.75 Å². The lowest BCUT2D eigenvalue weighted by molar-refractivity contribution is -0.116. The largest absolute Gasteiger partial charge is 0.494 e. The van der Waals surface area contributed by atoms with Crippen LogP contribution in [-0.4, -0.2) is 29.8 Å². The summed E-state index contributed by atoms with van der Waals surface area (Å²) in [5.74, 6) is 0.958.